The van der Waals surface area contributed by atoms with Crippen molar-refractivity contribution < 1.29 is 9.53 Å². The molecular formula is C13H26N2O2. The number of amides is 1. The van der Waals surface area contributed by atoms with Crippen LogP contribution in [0.1, 0.15) is 47.0 Å². The second kappa shape index (κ2) is 6.24. The summed E-state index contributed by atoms with van der Waals surface area (Å²) in [4.78, 5) is 11.5. The molecule has 100 valence electrons. The lowest BCUT2D eigenvalue weighted by Gasteiger charge is -2.29. The molecule has 1 rings (SSSR count). The Bertz CT molecular complexity index is 242. The van der Waals surface area contributed by atoms with E-state index in [2.05, 4.69) is 17.6 Å². The molecule has 1 saturated heterocycles. The molecule has 1 aliphatic heterocycles. The lowest BCUT2D eigenvalue weighted by molar-refractivity contribution is 0.0516. The molecule has 0 aromatic carbocycles. The largest absolute Gasteiger partial charge is 0.444 e. The molecule has 4 heteroatoms. The van der Waals surface area contributed by atoms with Gasteiger partial charge in [-0.2, -0.15) is 0 Å². The fourth-order valence-electron chi connectivity index (χ4n) is 2.07. The highest BCUT2D eigenvalue weighted by atomic mass is 16.6. The smallest absolute Gasteiger partial charge is 0.407 e. The molecule has 2 unspecified atom stereocenters. The summed E-state index contributed by atoms with van der Waals surface area (Å²) < 4.78 is 5.20. The number of alkyl carbamates (subject to hydrolysis) is 1. The molecule has 0 spiro atoms. The monoisotopic (exact) mass is 242 g/mol. The molecule has 0 aromatic rings. The van der Waals surface area contributed by atoms with E-state index in [1.54, 1.807) is 0 Å². The van der Waals surface area contributed by atoms with E-state index in [0.29, 0.717) is 18.5 Å². The number of carbonyl (C=O) groups is 1. The van der Waals surface area contributed by atoms with Gasteiger partial charge < -0.3 is 15.4 Å². The van der Waals surface area contributed by atoms with Gasteiger partial charge in [0.25, 0.3) is 0 Å². The SMILES string of the molecule is CC(CNC(=O)OC(C)(C)C)C1CCCCN1. The molecule has 0 aliphatic carbocycles. The second-order valence-corrected chi connectivity index (χ2v) is 5.92. The third kappa shape index (κ3) is 5.91. The maximum atomic E-state index is 11.5. The molecule has 1 fully saturated rings. The van der Waals surface area contributed by atoms with Crippen LogP contribution in [0.3, 0.4) is 0 Å². The van der Waals surface area contributed by atoms with E-state index in [-0.39, 0.29) is 6.09 Å². The number of carbonyl (C=O) groups excluding carboxylic acids is 1. The Morgan fingerprint density at radius 1 is 1.47 bits per heavy atom. The molecule has 0 aromatic heterocycles. The highest BCUT2D eigenvalue weighted by Gasteiger charge is 2.21. The van der Waals surface area contributed by atoms with Crippen LogP contribution in [-0.4, -0.2) is 30.8 Å². The van der Waals surface area contributed by atoms with Gasteiger partial charge in [0, 0.05) is 12.6 Å². The minimum absolute atomic E-state index is 0.319. The van der Waals surface area contributed by atoms with Crippen molar-refractivity contribution in [1.82, 2.24) is 10.6 Å². The Morgan fingerprint density at radius 3 is 2.71 bits per heavy atom. The normalized spacial score (nSPS) is 22.9. The maximum Gasteiger partial charge on any atom is 0.407 e. The van der Waals surface area contributed by atoms with Gasteiger partial charge in [-0.25, -0.2) is 4.79 Å². The average molecular weight is 242 g/mol. The van der Waals surface area contributed by atoms with Crippen LogP contribution in [0, 0.1) is 5.92 Å². The predicted molar refractivity (Wildman–Crippen MR) is 69.0 cm³/mol. The molecule has 2 N–H and O–H groups in total. The van der Waals surface area contributed by atoms with E-state index in [4.69, 9.17) is 4.74 Å². The molecule has 0 radical (unpaired) electrons. The first-order valence-corrected chi connectivity index (χ1v) is 6.59. The van der Waals surface area contributed by atoms with E-state index in [9.17, 15) is 4.79 Å². The van der Waals surface area contributed by atoms with Crippen LogP contribution in [0.4, 0.5) is 4.79 Å². The van der Waals surface area contributed by atoms with Crippen molar-refractivity contribution in [3.63, 3.8) is 0 Å². The van der Waals surface area contributed by atoms with Crippen LogP contribution >= 0.6 is 0 Å². The van der Waals surface area contributed by atoms with Gasteiger partial charge in [0.1, 0.15) is 5.60 Å². The van der Waals surface area contributed by atoms with Crippen LogP contribution < -0.4 is 10.6 Å². The summed E-state index contributed by atoms with van der Waals surface area (Å²) in [5.74, 6) is 0.447. The molecule has 0 bridgehead atoms. The Kier molecular flexibility index (Phi) is 5.25. The molecule has 1 amide bonds. The van der Waals surface area contributed by atoms with E-state index in [1.165, 1.54) is 19.3 Å². The highest BCUT2D eigenvalue weighted by molar-refractivity contribution is 5.67. The first kappa shape index (κ1) is 14.3. The standard InChI is InChI=1S/C13H26N2O2/c1-10(11-7-5-6-8-14-11)9-15-12(16)17-13(2,3)4/h10-11,14H,5-9H2,1-4H3,(H,15,16). The number of rotatable bonds is 3. The van der Waals surface area contributed by atoms with Gasteiger partial charge in [-0.05, 0) is 46.1 Å². The fraction of sp³-hybridized carbons (Fsp3) is 0.923. The quantitative estimate of drug-likeness (QED) is 0.798. The maximum absolute atomic E-state index is 11.5. The lowest BCUT2D eigenvalue weighted by atomic mass is 9.93. The Balaban J connectivity index is 2.22. The van der Waals surface area contributed by atoms with Gasteiger partial charge in [0.05, 0.1) is 0 Å². The van der Waals surface area contributed by atoms with Gasteiger partial charge in [-0.1, -0.05) is 13.3 Å². The Labute approximate surface area is 104 Å². The fourth-order valence-corrected chi connectivity index (χ4v) is 2.07. The van der Waals surface area contributed by atoms with Gasteiger partial charge in [0.15, 0.2) is 0 Å². The summed E-state index contributed by atoms with van der Waals surface area (Å²) in [6, 6.07) is 0.527. The van der Waals surface area contributed by atoms with E-state index in [1.807, 2.05) is 20.8 Å². The summed E-state index contributed by atoms with van der Waals surface area (Å²) in [6.07, 6.45) is 3.44. The van der Waals surface area contributed by atoms with E-state index in [0.717, 1.165) is 6.54 Å². The van der Waals surface area contributed by atoms with Crippen LogP contribution in [0.25, 0.3) is 0 Å². The molecule has 1 heterocycles. The molecule has 17 heavy (non-hydrogen) atoms. The van der Waals surface area contributed by atoms with Gasteiger partial charge in [0.2, 0.25) is 0 Å². The zero-order chi connectivity index (χ0) is 12.9. The summed E-state index contributed by atoms with van der Waals surface area (Å²) in [6.45, 7) is 9.56. The van der Waals surface area contributed by atoms with Gasteiger partial charge in [-0.3, -0.25) is 0 Å². The summed E-state index contributed by atoms with van der Waals surface area (Å²) in [5.41, 5.74) is -0.420. The zero-order valence-electron chi connectivity index (χ0n) is 11.5. The van der Waals surface area contributed by atoms with Crippen LogP contribution in [0.5, 0.6) is 0 Å². The summed E-state index contributed by atoms with van der Waals surface area (Å²) >= 11 is 0. The van der Waals surface area contributed by atoms with Crippen molar-refractivity contribution in [3.8, 4) is 0 Å². The topological polar surface area (TPSA) is 50.4 Å². The third-order valence-corrected chi connectivity index (χ3v) is 3.00. The molecule has 4 nitrogen and oxygen atoms in total. The van der Waals surface area contributed by atoms with Gasteiger partial charge in [-0.15, -0.1) is 0 Å². The number of piperidine rings is 1. The first-order chi connectivity index (χ1) is 7.88. The molecule has 1 aliphatic rings. The minimum atomic E-state index is -0.420. The second-order valence-electron chi connectivity index (χ2n) is 5.92. The minimum Gasteiger partial charge on any atom is -0.444 e. The number of hydrogen-bond acceptors (Lipinski definition) is 3. The van der Waals surface area contributed by atoms with Crippen LogP contribution in [-0.2, 0) is 4.74 Å². The van der Waals surface area contributed by atoms with Crippen LogP contribution in [0.2, 0.25) is 0 Å². The summed E-state index contributed by atoms with van der Waals surface area (Å²) in [7, 11) is 0. The summed E-state index contributed by atoms with van der Waals surface area (Å²) in [5, 5.41) is 6.33. The molecular weight excluding hydrogens is 216 g/mol. The van der Waals surface area contributed by atoms with Crippen molar-refractivity contribution in [2.75, 3.05) is 13.1 Å². The molecule has 0 saturated carbocycles. The van der Waals surface area contributed by atoms with Crippen molar-refractivity contribution >= 4 is 6.09 Å². The molecule has 2 atom stereocenters. The van der Waals surface area contributed by atoms with Crippen molar-refractivity contribution in [3.05, 3.63) is 0 Å². The average Bonchev–Trinajstić information content (AvgIpc) is 2.25. The number of ether oxygens (including phenoxy) is 1. The first-order valence-electron chi connectivity index (χ1n) is 6.59. The Morgan fingerprint density at radius 2 is 2.18 bits per heavy atom. The number of hydrogen-bond donors (Lipinski definition) is 2. The third-order valence-electron chi connectivity index (χ3n) is 3.00. The van der Waals surface area contributed by atoms with Gasteiger partial charge >= 0.3 is 6.09 Å². The lowest BCUT2D eigenvalue weighted by Crippen LogP contribution is -2.44. The van der Waals surface area contributed by atoms with Crippen LogP contribution in [0.15, 0.2) is 0 Å². The Hall–Kier alpha value is -0.770. The van der Waals surface area contributed by atoms with Crippen molar-refractivity contribution in [2.24, 2.45) is 5.92 Å². The van der Waals surface area contributed by atoms with Crippen molar-refractivity contribution in [2.45, 2.75) is 58.6 Å². The number of nitrogens with one attached hydrogen (secondary N) is 2. The van der Waals surface area contributed by atoms with E-state index >= 15 is 0 Å². The predicted octanol–water partition coefficient (Wildman–Crippen LogP) is 2.29. The zero-order valence-corrected chi connectivity index (χ0v) is 11.5. The highest BCUT2D eigenvalue weighted by Crippen LogP contribution is 2.14. The van der Waals surface area contributed by atoms with Crippen molar-refractivity contribution in [1.29, 1.82) is 0 Å². The van der Waals surface area contributed by atoms with E-state index < -0.39 is 5.60 Å².